The van der Waals surface area contributed by atoms with Gasteiger partial charge in [-0.2, -0.15) is 4.79 Å². The second-order valence-electron chi connectivity index (χ2n) is 11.7. The monoisotopic (exact) mass is 540 g/mol. The zero-order valence-electron chi connectivity index (χ0n) is 23.4. The van der Waals surface area contributed by atoms with Crippen LogP contribution in [0.4, 0.5) is 0 Å². The van der Waals surface area contributed by atoms with Crippen molar-refractivity contribution >= 4 is 36.2 Å². The summed E-state index contributed by atoms with van der Waals surface area (Å²) in [5.74, 6) is 3.46. The Morgan fingerprint density at radius 2 is 1.53 bits per heavy atom. The summed E-state index contributed by atoms with van der Waals surface area (Å²) in [7, 11) is -2.68. The van der Waals surface area contributed by atoms with Gasteiger partial charge in [0, 0.05) is 37.0 Å². The van der Waals surface area contributed by atoms with Crippen molar-refractivity contribution in [3.05, 3.63) is 28.8 Å². The number of nitrogens with zero attached hydrogens (tertiary/aromatic N) is 2. The van der Waals surface area contributed by atoms with Gasteiger partial charge in [-0.1, -0.05) is 25.0 Å². The molecule has 4 rings (SSSR count). The molecule has 7 nitrogen and oxygen atoms in total. The molecule has 2 fully saturated rings. The predicted molar refractivity (Wildman–Crippen MR) is 149 cm³/mol. The number of aldehydes is 1. The molecule has 0 aromatic carbocycles. The smallest absolute Gasteiger partial charge is 0.360 e. The van der Waals surface area contributed by atoms with Crippen LogP contribution in [0.15, 0.2) is 23.3 Å². The van der Waals surface area contributed by atoms with E-state index in [0.29, 0.717) is 18.8 Å². The van der Waals surface area contributed by atoms with Crippen molar-refractivity contribution < 1.29 is 28.5 Å². The molecule has 4 aliphatic carbocycles. The molecule has 4 atom stereocenters. The first-order chi connectivity index (χ1) is 17.7. The Morgan fingerprint density at radius 3 is 1.95 bits per heavy atom. The third kappa shape index (κ3) is 7.25. The van der Waals surface area contributed by atoms with Crippen molar-refractivity contribution in [1.29, 1.82) is 0 Å². The fourth-order valence-corrected chi connectivity index (χ4v) is 7.15. The van der Waals surface area contributed by atoms with Gasteiger partial charge in [-0.15, -0.1) is 12.3 Å². The van der Waals surface area contributed by atoms with Crippen molar-refractivity contribution in [3.63, 3.8) is 0 Å². The molecule has 38 heavy (non-hydrogen) atoms. The topological polar surface area (TPSA) is 122 Å². The normalized spacial score (nSPS) is 30.1. The molecule has 0 spiro atoms. The number of allylic oxidation sites excluding steroid dienone is 4. The Kier molecular flexibility index (Phi) is 10.7. The maximum Gasteiger partial charge on any atom is 0.388 e. The summed E-state index contributed by atoms with van der Waals surface area (Å²) in [6.07, 6.45) is 19.8. The minimum Gasteiger partial charge on any atom is -0.360 e. The van der Waals surface area contributed by atoms with Crippen LogP contribution in [0.25, 0.3) is 5.53 Å². The SMILES string of the molecule is C#C[C@H]1CCCC2=CC(=O)CC[C@@]21C.CC(=O)C(=[N+]=[N-])P(C)(C)=O.C[C@]12CCC(=O)C=C1CCC[C@@H]2C=O. The predicted octanol–water partition coefficient (Wildman–Crippen LogP) is 5.82. The lowest BCUT2D eigenvalue weighted by atomic mass is 9.60. The Labute approximate surface area is 226 Å². The van der Waals surface area contributed by atoms with E-state index in [1.807, 2.05) is 6.08 Å². The van der Waals surface area contributed by atoms with E-state index in [1.54, 1.807) is 6.08 Å². The summed E-state index contributed by atoms with van der Waals surface area (Å²) >= 11 is 0. The van der Waals surface area contributed by atoms with Gasteiger partial charge in [-0.25, -0.2) is 0 Å². The van der Waals surface area contributed by atoms with Gasteiger partial charge in [0.05, 0.1) is 0 Å². The molecule has 0 aromatic heterocycles. The van der Waals surface area contributed by atoms with Gasteiger partial charge in [0.1, 0.15) is 6.29 Å². The lowest BCUT2D eigenvalue weighted by Gasteiger charge is -2.43. The number of hydrogen-bond donors (Lipinski definition) is 0. The number of carbonyl (C=O) groups is 4. The fraction of sp³-hybridized carbons (Fsp3) is 0.633. The maximum atomic E-state index is 11.3. The van der Waals surface area contributed by atoms with E-state index in [-0.39, 0.29) is 33.8 Å². The first-order valence-electron chi connectivity index (χ1n) is 13.4. The molecule has 0 radical (unpaired) electrons. The van der Waals surface area contributed by atoms with Gasteiger partial charge >= 0.3 is 5.45 Å². The molecule has 4 aliphatic rings. The van der Waals surface area contributed by atoms with Crippen LogP contribution < -0.4 is 0 Å². The standard InChI is InChI=1S/C13H16O.C12H16O2.C5H9N2O2P/c1-3-10-5-4-6-11-9-12(14)7-8-13(10,11)2;1-12-6-5-11(14)7-9(12)3-2-4-10(12)8-13;1-4(8)5(7-6)10(2,3)9/h1,9-10H,4-8H2,2H3;7-8,10H,2-6H2,1H3;1-3H3/t10-,13+;10-,12+;/m01./s1. The van der Waals surface area contributed by atoms with Crippen molar-refractivity contribution in [1.82, 2.24) is 0 Å². The van der Waals surface area contributed by atoms with Gasteiger partial charge in [0.2, 0.25) is 5.78 Å². The number of ketones is 3. The summed E-state index contributed by atoms with van der Waals surface area (Å²) in [6.45, 7) is 8.35. The van der Waals surface area contributed by atoms with E-state index < -0.39 is 12.9 Å². The molecule has 0 unspecified atom stereocenters. The Balaban J connectivity index is 0.000000204. The highest BCUT2D eigenvalue weighted by Crippen LogP contribution is 2.50. The Hall–Kier alpha value is -2.67. The van der Waals surface area contributed by atoms with Crippen LogP contribution in [0.3, 0.4) is 0 Å². The van der Waals surface area contributed by atoms with Crippen molar-refractivity contribution in [3.8, 4) is 12.3 Å². The van der Waals surface area contributed by atoms with Crippen LogP contribution in [-0.4, -0.2) is 47.2 Å². The summed E-state index contributed by atoms with van der Waals surface area (Å²) in [5, 5.41) is 0. The van der Waals surface area contributed by atoms with E-state index in [0.717, 1.165) is 57.7 Å². The third-order valence-corrected chi connectivity index (χ3v) is 10.1. The van der Waals surface area contributed by atoms with E-state index in [9.17, 15) is 23.7 Å². The second kappa shape index (κ2) is 12.9. The molecule has 0 saturated heterocycles. The van der Waals surface area contributed by atoms with Gasteiger partial charge in [0.15, 0.2) is 18.7 Å². The van der Waals surface area contributed by atoms with Crippen LogP contribution in [0, 0.1) is 35.0 Å². The summed E-state index contributed by atoms with van der Waals surface area (Å²) in [6, 6.07) is 0. The molecular formula is C30H41N2O5P. The first kappa shape index (κ1) is 31.5. The Morgan fingerprint density at radius 1 is 1.03 bits per heavy atom. The maximum absolute atomic E-state index is 11.3. The van der Waals surface area contributed by atoms with Crippen molar-refractivity contribution in [2.75, 3.05) is 13.3 Å². The van der Waals surface area contributed by atoms with Crippen LogP contribution in [0.5, 0.6) is 0 Å². The highest BCUT2D eigenvalue weighted by atomic mass is 31.2. The molecular weight excluding hydrogens is 499 g/mol. The minimum absolute atomic E-state index is 0.00604. The number of carbonyl (C=O) groups excluding carboxylic acids is 4. The quantitative estimate of drug-likeness (QED) is 0.111. The zero-order valence-corrected chi connectivity index (χ0v) is 24.3. The average molecular weight is 541 g/mol. The molecule has 0 amide bonds. The largest absolute Gasteiger partial charge is 0.388 e. The summed E-state index contributed by atoms with van der Waals surface area (Å²) in [5.41, 5.74) is 10.6. The third-order valence-electron chi connectivity index (χ3n) is 8.69. The molecule has 8 heteroatoms. The van der Waals surface area contributed by atoms with Crippen molar-refractivity contribution in [2.45, 2.75) is 85.0 Å². The van der Waals surface area contributed by atoms with E-state index in [2.05, 4.69) is 24.6 Å². The summed E-state index contributed by atoms with van der Waals surface area (Å²) < 4.78 is 11.1. The number of fused-ring (bicyclic) bond motifs is 2. The first-order valence-corrected chi connectivity index (χ1v) is 16.0. The van der Waals surface area contributed by atoms with Crippen LogP contribution in [-0.2, 0) is 23.7 Å². The number of hydrogen-bond acceptors (Lipinski definition) is 5. The van der Waals surface area contributed by atoms with Crippen molar-refractivity contribution in [2.24, 2.45) is 22.7 Å². The number of Topliss-reactive ketones (excluding diaryl/α,β-unsaturated/α-hetero) is 1. The highest BCUT2D eigenvalue weighted by molar-refractivity contribution is 7.81. The lowest BCUT2D eigenvalue weighted by Crippen LogP contribution is -2.37. The number of rotatable bonds is 3. The molecule has 2 saturated carbocycles. The molecule has 0 bridgehead atoms. The van der Waals surface area contributed by atoms with Gasteiger partial charge in [-0.05, 0) is 82.3 Å². The average Bonchev–Trinajstić information content (AvgIpc) is 2.84. The molecule has 0 aliphatic heterocycles. The lowest BCUT2D eigenvalue weighted by molar-refractivity contribution is -0.119. The highest BCUT2D eigenvalue weighted by Gasteiger charge is 2.43. The van der Waals surface area contributed by atoms with E-state index >= 15 is 0 Å². The number of terminal acetylenes is 1. The fourth-order valence-electron chi connectivity index (χ4n) is 6.18. The van der Waals surface area contributed by atoms with Crippen LogP contribution in [0.2, 0.25) is 0 Å². The molecule has 0 N–H and O–H groups in total. The summed E-state index contributed by atoms with van der Waals surface area (Å²) in [4.78, 5) is 46.8. The van der Waals surface area contributed by atoms with E-state index in [1.165, 1.54) is 31.4 Å². The zero-order chi connectivity index (χ0) is 28.7. The molecule has 0 aromatic rings. The Bertz CT molecular complexity index is 1180. The van der Waals surface area contributed by atoms with E-state index in [4.69, 9.17) is 12.0 Å². The second-order valence-corrected chi connectivity index (χ2v) is 14.8. The van der Waals surface area contributed by atoms with Gasteiger partial charge in [-0.3, -0.25) is 14.4 Å². The molecule has 0 heterocycles. The molecule has 206 valence electrons. The van der Waals surface area contributed by atoms with Gasteiger partial charge in [0.25, 0.3) is 0 Å². The van der Waals surface area contributed by atoms with Crippen LogP contribution >= 0.6 is 7.14 Å². The van der Waals surface area contributed by atoms with Gasteiger partial charge < -0.3 is 14.9 Å². The minimum atomic E-state index is -2.68. The van der Waals surface area contributed by atoms with Crippen LogP contribution in [0.1, 0.15) is 85.0 Å².